The molecule has 58 valence electrons. The molecule has 0 heterocycles. The third kappa shape index (κ3) is 2.89. The lowest BCUT2D eigenvalue weighted by atomic mass is 10.1. The van der Waals surface area contributed by atoms with E-state index in [0.29, 0.717) is 0 Å². The fourth-order valence-electron chi connectivity index (χ4n) is 1.46. The monoisotopic (exact) mass is 174 g/mol. The van der Waals surface area contributed by atoms with Gasteiger partial charge in [-0.25, -0.2) is 0 Å². The Morgan fingerprint density at radius 2 is 2.00 bits per heavy atom. The van der Waals surface area contributed by atoms with Crippen LogP contribution in [-0.2, 0) is 0 Å². The summed E-state index contributed by atoms with van der Waals surface area (Å²) in [7, 11) is -0.935. The van der Waals surface area contributed by atoms with Gasteiger partial charge in [0.15, 0.2) is 8.11 Å². The largest absolute Gasteiger partial charge is 0.166 e. The molecule has 0 spiro atoms. The average Bonchev–Trinajstić information content (AvgIpc) is 2.34. The number of halogens is 1. The zero-order valence-electron chi connectivity index (χ0n) is 6.52. The Bertz CT molecular complexity index is 114. The van der Waals surface area contributed by atoms with E-state index in [9.17, 15) is 0 Å². The van der Waals surface area contributed by atoms with Crippen LogP contribution in [0.15, 0.2) is 11.8 Å². The van der Waals surface area contributed by atoms with E-state index < -0.39 is 8.11 Å². The average molecular weight is 175 g/mol. The SMILES string of the molecule is C[SiH](Cl)C=CC1CCCC1. The van der Waals surface area contributed by atoms with Gasteiger partial charge in [-0.05, 0) is 18.8 Å². The molecular weight excluding hydrogens is 160 g/mol. The predicted molar refractivity (Wildman–Crippen MR) is 50.0 cm³/mol. The molecule has 1 atom stereocenters. The Balaban J connectivity index is 2.23. The van der Waals surface area contributed by atoms with Gasteiger partial charge in [0.05, 0.1) is 0 Å². The topological polar surface area (TPSA) is 0 Å². The van der Waals surface area contributed by atoms with Crippen LogP contribution >= 0.6 is 11.1 Å². The first-order valence-electron chi connectivity index (χ1n) is 4.11. The molecule has 0 aromatic heterocycles. The molecule has 0 N–H and O–H groups in total. The molecule has 0 amide bonds. The van der Waals surface area contributed by atoms with Crippen molar-refractivity contribution in [2.45, 2.75) is 32.2 Å². The molecule has 1 rings (SSSR count). The van der Waals surface area contributed by atoms with Crippen LogP contribution in [0, 0.1) is 5.92 Å². The molecule has 1 aliphatic carbocycles. The van der Waals surface area contributed by atoms with E-state index in [0.717, 1.165) is 5.92 Å². The highest BCUT2D eigenvalue weighted by Crippen LogP contribution is 2.25. The number of hydrogen-bond donors (Lipinski definition) is 0. The van der Waals surface area contributed by atoms with Crippen LogP contribution in [0.3, 0.4) is 0 Å². The van der Waals surface area contributed by atoms with Crippen molar-refractivity contribution in [1.29, 1.82) is 0 Å². The van der Waals surface area contributed by atoms with Gasteiger partial charge < -0.3 is 0 Å². The van der Waals surface area contributed by atoms with Crippen molar-refractivity contribution in [2.75, 3.05) is 0 Å². The summed E-state index contributed by atoms with van der Waals surface area (Å²) in [5.74, 6) is 0.869. The quantitative estimate of drug-likeness (QED) is 0.446. The Morgan fingerprint density at radius 1 is 1.40 bits per heavy atom. The maximum Gasteiger partial charge on any atom is 0.161 e. The fraction of sp³-hybridized carbons (Fsp3) is 0.750. The van der Waals surface area contributed by atoms with Gasteiger partial charge in [-0.15, -0.1) is 0 Å². The summed E-state index contributed by atoms with van der Waals surface area (Å²) >= 11 is 5.91. The minimum atomic E-state index is -0.935. The van der Waals surface area contributed by atoms with E-state index in [-0.39, 0.29) is 0 Å². The second-order valence-electron chi connectivity index (χ2n) is 3.11. The molecule has 1 fully saturated rings. The molecule has 1 aliphatic rings. The molecule has 0 saturated heterocycles. The minimum Gasteiger partial charge on any atom is -0.166 e. The summed E-state index contributed by atoms with van der Waals surface area (Å²) in [6.45, 7) is 2.15. The molecule has 0 bridgehead atoms. The van der Waals surface area contributed by atoms with Crippen LogP contribution in [0.25, 0.3) is 0 Å². The lowest BCUT2D eigenvalue weighted by Gasteiger charge is -1.99. The highest BCUT2D eigenvalue weighted by molar-refractivity contribution is 7.09. The van der Waals surface area contributed by atoms with Crippen molar-refractivity contribution in [3.63, 3.8) is 0 Å². The molecule has 0 aromatic rings. The first kappa shape index (κ1) is 8.34. The first-order valence-corrected chi connectivity index (χ1v) is 7.68. The van der Waals surface area contributed by atoms with Crippen LogP contribution in [0.4, 0.5) is 0 Å². The van der Waals surface area contributed by atoms with E-state index in [4.69, 9.17) is 11.1 Å². The van der Waals surface area contributed by atoms with Crippen molar-refractivity contribution in [1.82, 2.24) is 0 Å². The minimum absolute atomic E-state index is 0.869. The lowest BCUT2D eigenvalue weighted by Crippen LogP contribution is -1.92. The third-order valence-electron chi connectivity index (χ3n) is 2.05. The van der Waals surface area contributed by atoms with Crippen molar-refractivity contribution >= 4 is 19.2 Å². The molecule has 1 saturated carbocycles. The maximum atomic E-state index is 5.91. The molecule has 10 heavy (non-hydrogen) atoms. The van der Waals surface area contributed by atoms with E-state index in [1.54, 1.807) is 0 Å². The predicted octanol–water partition coefficient (Wildman–Crippen LogP) is 2.86. The molecule has 1 unspecified atom stereocenters. The van der Waals surface area contributed by atoms with E-state index in [2.05, 4.69) is 18.3 Å². The summed E-state index contributed by atoms with van der Waals surface area (Å²) < 4.78 is 0. The third-order valence-corrected chi connectivity index (χ3v) is 3.24. The second kappa shape index (κ2) is 4.19. The zero-order chi connectivity index (χ0) is 7.40. The van der Waals surface area contributed by atoms with Gasteiger partial charge in [-0.1, -0.05) is 31.2 Å². The van der Waals surface area contributed by atoms with Crippen molar-refractivity contribution in [3.05, 3.63) is 11.8 Å². The molecule has 2 heteroatoms. The summed E-state index contributed by atoms with van der Waals surface area (Å²) in [6, 6.07) is 0. The van der Waals surface area contributed by atoms with E-state index >= 15 is 0 Å². The highest BCUT2D eigenvalue weighted by atomic mass is 35.6. The molecule has 0 aromatic carbocycles. The van der Waals surface area contributed by atoms with Gasteiger partial charge in [0.25, 0.3) is 0 Å². The van der Waals surface area contributed by atoms with Gasteiger partial charge in [0.1, 0.15) is 0 Å². The van der Waals surface area contributed by atoms with Crippen LogP contribution in [0.1, 0.15) is 25.7 Å². The molecule has 0 nitrogen and oxygen atoms in total. The fourth-order valence-corrected chi connectivity index (χ4v) is 2.33. The number of allylic oxidation sites excluding steroid dienone is 1. The van der Waals surface area contributed by atoms with Crippen LogP contribution in [-0.4, -0.2) is 8.11 Å². The van der Waals surface area contributed by atoms with Gasteiger partial charge in [-0.3, -0.25) is 0 Å². The Kier molecular flexibility index (Phi) is 3.50. The second-order valence-corrected chi connectivity index (χ2v) is 6.91. The molecule has 0 aliphatic heterocycles. The summed E-state index contributed by atoms with van der Waals surface area (Å²) in [4.78, 5) is 0. The highest BCUT2D eigenvalue weighted by Gasteiger charge is 2.11. The van der Waals surface area contributed by atoms with E-state index in [1.165, 1.54) is 25.7 Å². The Hall–Kier alpha value is 0.247. The Labute approximate surface area is 69.6 Å². The van der Waals surface area contributed by atoms with Crippen LogP contribution < -0.4 is 0 Å². The standard InChI is InChI=1S/C8H15ClSi/c1-10(9)7-6-8-4-2-3-5-8/h6-8,10H,2-5H2,1H3. The van der Waals surface area contributed by atoms with Crippen LogP contribution in [0.5, 0.6) is 0 Å². The van der Waals surface area contributed by atoms with Crippen molar-refractivity contribution < 1.29 is 0 Å². The lowest BCUT2D eigenvalue weighted by molar-refractivity contribution is 0.687. The molecule has 0 radical (unpaired) electrons. The van der Waals surface area contributed by atoms with Crippen molar-refractivity contribution in [3.8, 4) is 0 Å². The van der Waals surface area contributed by atoms with Crippen LogP contribution in [0.2, 0.25) is 6.55 Å². The van der Waals surface area contributed by atoms with Gasteiger partial charge in [0.2, 0.25) is 0 Å². The summed E-state index contributed by atoms with van der Waals surface area (Å²) in [5, 5.41) is 0. The molecular formula is C8H15ClSi. The first-order chi connectivity index (χ1) is 4.79. The summed E-state index contributed by atoms with van der Waals surface area (Å²) in [6.07, 6.45) is 7.99. The van der Waals surface area contributed by atoms with E-state index in [1.807, 2.05) is 0 Å². The number of rotatable bonds is 2. The van der Waals surface area contributed by atoms with Gasteiger partial charge >= 0.3 is 0 Å². The Morgan fingerprint density at radius 3 is 2.50 bits per heavy atom. The normalized spacial score (nSPS) is 24.2. The van der Waals surface area contributed by atoms with Crippen molar-refractivity contribution in [2.24, 2.45) is 5.92 Å². The zero-order valence-corrected chi connectivity index (χ0v) is 8.43. The smallest absolute Gasteiger partial charge is 0.161 e. The van der Waals surface area contributed by atoms with Gasteiger partial charge in [0, 0.05) is 0 Å². The maximum absolute atomic E-state index is 5.91. The summed E-state index contributed by atoms with van der Waals surface area (Å²) in [5.41, 5.74) is 2.25. The number of hydrogen-bond acceptors (Lipinski definition) is 0. The van der Waals surface area contributed by atoms with Gasteiger partial charge in [-0.2, -0.15) is 11.1 Å².